The largest absolute Gasteiger partial charge is 0.344 e. The summed E-state index contributed by atoms with van der Waals surface area (Å²) in [6.45, 7) is 1.59. The van der Waals surface area contributed by atoms with E-state index in [1.807, 2.05) is 11.0 Å². The highest BCUT2D eigenvalue weighted by atomic mass is 16.2. The molecule has 2 aliphatic heterocycles. The maximum absolute atomic E-state index is 12.6. The van der Waals surface area contributed by atoms with Gasteiger partial charge in [0, 0.05) is 25.4 Å². The maximum atomic E-state index is 12.6. The molecule has 1 aromatic carbocycles. The Morgan fingerprint density at radius 1 is 1.14 bits per heavy atom. The van der Waals surface area contributed by atoms with Crippen LogP contribution >= 0.6 is 0 Å². The van der Waals surface area contributed by atoms with Crippen molar-refractivity contribution < 1.29 is 9.59 Å². The predicted molar refractivity (Wildman–Crippen MR) is 80.8 cm³/mol. The summed E-state index contributed by atoms with van der Waals surface area (Å²) in [5.74, 6) is 0.515. The Kier molecular flexibility index (Phi) is 4.23. The van der Waals surface area contributed by atoms with E-state index in [1.54, 1.807) is 0 Å². The molecule has 2 aliphatic rings. The van der Waals surface area contributed by atoms with Gasteiger partial charge in [0.15, 0.2) is 0 Å². The van der Waals surface area contributed by atoms with Gasteiger partial charge < -0.3 is 10.2 Å². The molecule has 2 atom stereocenters. The highest BCUT2D eigenvalue weighted by molar-refractivity contribution is 5.90. The molecule has 2 fully saturated rings. The van der Waals surface area contributed by atoms with Crippen molar-refractivity contribution in [3.05, 3.63) is 35.9 Å². The molecule has 1 aromatic rings. The topological polar surface area (TPSA) is 49.4 Å². The third-order valence-electron chi connectivity index (χ3n) is 4.55. The van der Waals surface area contributed by atoms with Gasteiger partial charge in [-0.25, -0.2) is 0 Å². The highest BCUT2D eigenvalue weighted by Gasteiger charge is 2.32. The molecule has 4 heteroatoms. The molecule has 3 rings (SSSR count). The second-order valence-electron chi connectivity index (χ2n) is 6.05. The van der Waals surface area contributed by atoms with Crippen LogP contribution in [0.1, 0.15) is 43.6 Å². The Balaban J connectivity index is 1.70. The molecular formula is C17H22N2O2. The minimum Gasteiger partial charge on any atom is -0.344 e. The van der Waals surface area contributed by atoms with Crippen molar-refractivity contribution in [1.82, 2.24) is 10.2 Å². The van der Waals surface area contributed by atoms with E-state index in [0.717, 1.165) is 32.4 Å². The highest BCUT2D eigenvalue weighted by Crippen LogP contribution is 2.27. The number of benzene rings is 1. The zero-order chi connectivity index (χ0) is 14.7. The van der Waals surface area contributed by atoms with Gasteiger partial charge in [0.05, 0.1) is 0 Å². The standard InChI is InChI=1S/C17H22N2O2/c20-16-10-9-15(18-16)17(21)19-11-5-4-8-14(12-19)13-6-2-1-3-7-13/h1-3,6-7,14-15H,4-5,8-12H2,(H,18,20). The fourth-order valence-corrected chi connectivity index (χ4v) is 3.36. The molecular weight excluding hydrogens is 264 g/mol. The SMILES string of the molecule is O=C1CCC(C(=O)N2CCCCC(c3ccccc3)C2)N1. The van der Waals surface area contributed by atoms with Crippen molar-refractivity contribution in [2.75, 3.05) is 13.1 Å². The van der Waals surface area contributed by atoms with Crippen molar-refractivity contribution in [3.63, 3.8) is 0 Å². The van der Waals surface area contributed by atoms with E-state index in [1.165, 1.54) is 5.56 Å². The van der Waals surface area contributed by atoms with Crippen LogP contribution in [0.15, 0.2) is 30.3 Å². The molecule has 0 spiro atoms. The Labute approximate surface area is 125 Å². The number of nitrogens with zero attached hydrogens (tertiary/aromatic N) is 1. The smallest absolute Gasteiger partial charge is 0.245 e. The molecule has 0 aliphatic carbocycles. The first-order chi connectivity index (χ1) is 10.2. The van der Waals surface area contributed by atoms with Gasteiger partial charge in [0.25, 0.3) is 0 Å². The van der Waals surface area contributed by atoms with Crippen LogP contribution in [0.25, 0.3) is 0 Å². The van der Waals surface area contributed by atoms with Gasteiger partial charge in [-0.1, -0.05) is 36.8 Å². The Morgan fingerprint density at radius 2 is 1.95 bits per heavy atom. The fourth-order valence-electron chi connectivity index (χ4n) is 3.36. The van der Waals surface area contributed by atoms with E-state index in [2.05, 4.69) is 29.6 Å². The van der Waals surface area contributed by atoms with Crippen LogP contribution in [-0.4, -0.2) is 35.8 Å². The van der Waals surface area contributed by atoms with E-state index < -0.39 is 0 Å². The molecule has 0 aromatic heterocycles. The first-order valence-electron chi connectivity index (χ1n) is 7.87. The van der Waals surface area contributed by atoms with Gasteiger partial charge in [-0.2, -0.15) is 0 Å². The minimum atomic E-state index is -0.299. The lowest BCUT2D eigenvalue weighted by Gasteiger charge is -2.27. The van der Waals surface area contributed by atoms with Crippen LogP contribution in [0.5, 0.6) is 0 Å². The zero-order valence-electron chi connectivity index (χ0n) is 12.3. The lowest BCUT2D eigenvalue weighted by atomic mass is 9.94. The average molecular weight is 286 g/mol. The van der Waals surface area contributed by atoms with Gasteiger partial charge in [0.2, 0.25) is 11.8 Å². The van der Waals surface area contributed by atoms with Gasteiger partial charge in [0.1, 0.15) is 6.04 Å². The first-order valence-corrected chi connectivity index (χ1v) is 7.87. The summed E-state index contributed by atoms with van der Waals surface area (Å²) >= 11 is 0. The Hall–Kier alpha value is -1.84. The minimum absolute atomic E-state index is 0.00258. The lowest BCUT2D eigenvalue weighted by molar-refractivity contribution is -0.134. The van der Waals surface area contributed by atoms with E-state index in [-0.39, 0.29) is 17.9 Å². The van der Waals surface area contributed by atoms with E-state index in [4.69, 9.17) is 0 Å². The molecule has 112 valence electrons. The molecule has 2 amide bonds. The van der Waals surface area contributed by atoms with Crippen LogP contribution in [0.4, 0.5) is 0 Å². The fraction of sp³-hybridized carbons (Fsp3) is 0.529. The third kappa shape index (κ3) is 3.26. The van der Waals surface area contributed by atoms with Crippen molar-refractivity contribution in [3.8, 4) is 0 Å². The molecule has 0 radical (unpaired) electrons. The number of carbonyl (C=O) groups excluding carboxylic acids is 2. The molecule has 0 saturated carbocycles. The summed E-state index contributed by atoms with van der Waals surface area (Å²) in [4.78, 5) is 25.9. The molecule has 1 N–H and O–H groups in total. The van der Waals surface area contributed by atoms with Crippen LogP contribution < -0.4 is 5.32 Å². The predicted octanol–water partition coefficient (Wildman–Crippen LogP) is 2.06. The number of amides is 2. The lowest BCUT2D eigenvalue weighted by Crippen LogP contribution is -2.45. The molecule has 4 nitrogen and oxygen atoms in total. The van der Waals surface area contributed by atoms with Crippen molar-refractivity contribution >= 4 is 11.8 Å². The van der Waals surface area contributed by atoms with Crippen molar-refractivity contribution in [1.29, 1.82) is 0 Å². The van der Waals surface area contributed by atoms with E-state index in [0.29, 0.717) is 18.8 Å². The van der Waals surface area contributed by atoms with Gasteiger partial charge in [-0.3, -0.25) is 9.59 Å². The summed E-state index contributed by atoms with van der Waals surface area (Å²) in [6, 6.07) is 10.1. The average Bonchev–Trinajstić information content (AvgIpc) is 2.81. The quantitative estimate of drug-likeness (QED) is 0.904. The Morgan fingerprint density at radius 3 is 2.67 bits per heavy atom. The maximum Gasteiger partial charge on any atom is 0.245 e. The van der Waals surface area contributed by atoms with Gasteiger partial charge in [-0.05, 0) is 24.8 Å². The second kappa shape index (κ2) is 6.29. The first kappa shape index (κ1) is 14.1. The van der Waals surface area contributed by atoms with Crippen LogP contribution in [0.2, 0.25) is 0 Å². The van der Waals surface area contributed by atoms with Crippen molar-refractivity contribution in [2.24, 2.45) is 0 Å². The third-order valence-corrected chi connectivity index (χ3v) is 4.55. The molecule has 2 saturated heterocycles. The van der Waals surface area contributed by atoms with Crippen LogP contribution in [0, 0.1) is 0 Å². The van der Waals surface area contributed by atoms with E-state index in [9.17, 15) is 9.59 Å². The zero-order valence-corrected chi connectivity index (χ0v) is 12.3. The molecule has 2 unspecified atom stereocenters. The Bertz CT molecular complexity index is 515. The summed E-state index contributed by atoms with van der Waals surface area (Å²) in [5.41, 5.74) is 1.31. The van der Waals surface area contributed by atoms with Gasteiger partial charge in [-0.15, -0.1) is 0 Å². The van der Waals surface area contributed by atoms with Gasteiger partial charge >= 0.3 is 0 Å². The number of hydrogen-bond acceptors (Lipinski definition) is 2. The van der Waals surface area contributed by atoms with E-state index >= 15 is 0 Å². The summed E-state index contributed by atoms with van der Waals surface area (Å²) in [6.07, 6.45) is 4.46. The summed E-state index contributed by atoms with van der Waals surface area (Å²) in [7, 11) is 0. The number of carbonyl (C=O) groups is 2. The molecule has 0 bridgehead atoms. The summed E-state index contributed by atoms with van der Waals surface area (Å²) in [5, 5.41) is 2.80. The second-order valence-corrected chi connectivity index (χ2v) is 6.05. The van der Waals surface area contributed by atoms with Crippen LogP contribution in [0.3, 0.4) is 0 Å². The van der Waals surface area contributed by atoms with Crippen LogP contribution in [-0.2, 0) is 9.59 Å². The molecule has 21 heavy (non-hydrogen) atoms. The van der Waals surface area contributed by atoms with Crippen molar-refractivity contribution in [2.45, 2.75) is 44.1 Å². The number of hydrogen-bond donors (Lipinski definition) is 1. The number of nitrogens with one attached hydrogen (secondary N) is 1. The molecule has 2 heterocycles. The monoisotopic (exact) mass is 286 g/mol. The normalized spacial score (nSPS) is 26.3. The number of likely N-dealkylation sites (tertiary alicyclic amines) is 1. The number of rotatable bonds is 2. The summed E-state index contributed by atoms with van der Waals surface area (Å²) < 4.78 is 0.